The summed E-state index contributed by atoms with van der Waals surface area (Å²) in [5, 5.41) is 0. The molecule has 2 amide bonds. The molecule has 76 valence electrons. The van der Waals surface area contributed by atoms with Crippen LogP contribution in [0.2, 0.25) is 0 Å². The maximum absolute atomic E-state index is 11.2. The first-order valence-corrected chi connectivity index (χ1v) is 4.95. The van der Waals surface area contributed by atoms with E-state index in [-0.39, 0.29) is 11.8 Å². The molecule has 4 N–H and O–H groups in total. The molecule has 0 heterocycles. The van der Waals surface area contributed by atoms with Crippen molar-refractivity contribution in [3.05, 3.63) is 11.1 Å². The first kappa shape index (κ1) is 9.24. The van der Waals surface area contributed by atoms with Crippen LogP contribution in [-0.2, 0) is 9.59 Å². The second-order valence-corrected chi connectivity index (χ2v) is 4.10. The summed E-state index contributed by atoms with van der Waals surface area (Å²) >= 11 is 0. The molecule has 0 aromatic rings. The van der Waals surface area contributed by atoms with E-state index in [1.54, 1.807) is 0 Å². The van der Waals surface area contributed by atoms with Gasteiger partial charge in [0.05, 0.1) is 0 Å². The fourth-order valence-electron chi connectivity index (χ4n) is 2.78. The van der Waals surface area contributed by atoms with Crippen LogP contribution in [-0.4, -0.2) is 11.8 Å². The van der Waals surface area contributed by atoms with Gasteiger partial charge in [0, 0.05) is 11.1 Å². The van der Waals surface area contributed by atoms with Gasteiger partial charge in [-0.2, -0.15) is 0 Å². The molecular weight excluding hydrogens is 180 g/mol. The summed E-state index contributed by atoms with van der Waals surface area (Å²) in [6.07, 6.45) is 3.89. The van der Waals surface area contributed by atoms with E-state index in [2.05, 4.69) is 0 Å². The highest BCUT2D eigenvalue weighted by atomic mass is 16.2. The summed E-state index contributed by atoms with van der Waals surface area (Å²) in [4.78, 5) is 22.4. The number of hydrogen-bond donors (Lipinski definition) is 2. The summed E-state index contributed by atoms with van der Waals surface area (Å²) in [5.41, 5.74) is 11.6. The van der Waals surface area contributed by atoms with E-state index in [1.165, 1.54) is 0 Å². The molecular formula is C10H14N2O2. The Bertz CT molecular complexity index is 293. The number of carbonyl (C=O) groups is 2. The summed E-state index contributed by atoms with van der Waals surface area (Å²) in [6, 6.07) is 0. The van der Waals surface area contributed by atoms with Gasteiger partial charge in [0.1, 0.15) is 0 Å². The molecule has 0 saturated heterocycles. The zero-order valence-corrected chi connectivity index (χ0v) is 7.95. The minimum atomic E-state index is -0.465. The zero-order chi connectivity index (χ0) is 10.3. The van der Waals surface area contributed by atoms with E-state index in [9.17, 15) is 9.59 Å². The van der Waals surface area contributed by atoms with Gasteiger partial charge < -0.3 is 11.5 Å². The molecule has 4 heteroatoms. The van der Waals surface area contributed by atoms with Crippen molar-refractivity contribution in [2.45, 2.75) is 25.7 Å². The number of nitrogens with two attached hydrogens (primary N) is 2. The van der Waals surface area contributed by atoms with Crippen LogP contribution in [0.5, 0.6) is 0 Å². The van der Waals surface area contributed by atoms with Crippen molar-refractivity contribution in [2.75, 3.05) is 0 Å². The molecule has 14 heavy (non-hydrogen) atoms. The smallest absolute Gasteiger partial charge is 0.245 e. The summed E-state index contributed by atoms with van der Waals surface area (Å²) in [7, 11) is 0. The highest BCUT2D eigenvalue weighted by molar-refractivity contribution is 6.04. The maximum atomic E-state index is 11.2. The Hall–Kier alpha value is -1.32. The van der Waals surface area contributed by atoms with Crippen LogP contribution in [0.4, 0.5) is 0 Å². The summed E-state index contributed by atoms with van der Waals surface area (Å²) < 4.78 is 0. The Labute approximate surface area is 82.3 Å². The number of rotatable bonds is 2. The molecule has 0 radical (unpaired) electrons. The molecule has 1 fully saturated rings. The minimum absolute atomic E-state index is 0.181. The van der Waals surface area contributed by atoms with Crippen LogP contribution < -0.4 is 11.5 Å². The molecule has 0 aliphatic heterocycles. The molecule has 3 aliphatic carbocycles. The van der Waals surface area contributed by atoms with Crippen molar-refractivity contribution in [3.8, 4) is 0 Å². The molecule has 0 unspecified atom stereocenters. The van der Waals surface area contributed by atoms with E-state index >= 15 is 0 Å². The topological polar surface area (TPSA) is 86.2 Å². The number of fused-ring (bicyclic) bond motifs is 2. The summed E-state index contributed by atoms with van der Waals surface area (Å²) in [6.45, 7) is 0. The number of carbonyl (C=O) groups excluding carboxylic acids is 2. The lowest BCUT2D eigenvalue weighted by Gasteiger charge is -2.37. The van der Waals surface area contributed by atoms with Crippen molar-refractivity contribution in [2.24, 2.45) is 23.3 Å². The van der Waals surface area contributed by atoms with E-state index in [1.807, 2.05) is 0 Å². The van der Waals surface area contributed by atoms with Gasteiger partial charge in [-0.25, -0.2) is 0 Å². The molecule has 3 aliphatic rings. The van der Waals surface area contributed by atoms with E-state index < -0.39 is 11.8 Å². The number of hydrogen-bond acceptors (Lipinski definition) is 2. The van der Waals surface area contributed by atoms with Crippen LogP contribution >= 0.6 is 0 Å². The fourth-order valence-corrected chi connectivity index (χ4v) is 2.78. The van der Waals surface area contributed by atoms with Crippen LogP contribution in [0.1, 0.15) is 25.7 Å². The highest BCUT2D eigenvalue weighted by Crippen LogP contribution is 2.44. The number of amides is 2. The average molecular weight is 194 g/mol. The molecule has 3 rings (SSSR count). The lowest BCUT2D eigenvalue weighted by molar-refractivity contribution is -0.118. The van der Waals surface area contributed by atoms with E-state index in [0.29, 0.717) is 11.1 Å². The van der Waals surface area contributed by atoms with Crippen LogP contribution in [0.25, 0.3) is 0 Å². The van der Waals surface area contributed by atoms with Gasteiger partial charge in [-0.1, -0.05) is 0 Å². The van der Waals surface area contributed by atoms with Gasteiger partial charge in [0.25, 0.3) is 0 Å². The Morgan fingerprint density at radius 2 is 1.14 bits per heavy atom. The molecule has 0 aromatic carbocycles. The van der Waals surface area contributed by atoms with Gasteiger partial charge in [-0.15, -0.1) is 0 Å². The lowest BCUT2D eigenvalue weighted by atomic mass is 9.66. The molecule has 0 spiro atoms. The van der Waals surface area contributed by atoms with Crippen LogP contribution in [0.15, 0.2) is 11.1 Å². The van der Waals surface area contributed by atoms with Crippen molar-refractivity contribution in [1.82, 2.24) is 0 Å². The van der Waals surface area contributed by atoms with E-state index in [4.69, 9.17) is 11.5 Å². The Kier molecular flexibility index (Phi) is 2.06. The third-order valence-corrected chi connectivity index (χ3v) is 3.36. The predicted molar refractivity (Wildman–Crippen MR) is 50.9 cm³/mol. The molecule has 4 nitrogen and oxygen atoms in total. The lowest BCUT2D eigenvalue weighted by Crippen LogP contribution is -2.37. The first-order valence-electron chi connectivity index (χ1n) is 4.95. The predicted octanol–water partition coefficient (Wildman–Crippen LogP) is 0.0736. The quantitative estimate of drug-likeness (QED) is 0.652. The number of primary amides is 2. The van der Waals surface area contributed by atoms with Crippen LogP contribution in [0.3, 0.4) is 0 Å². The minimum Gasteiger partial charge on any atom is -0.366 e. The average Bonchev–Trinajstić information content (AvgIpc) is 2.17. The molecule has 2 bridgehead atoms. The maximum Gasteiger partial charge on any atom is 0.245 e. The Morgan fingerprint density at radius 1 is 0.857 bits per heavy atom. The van der Waals surface area contributed by atoms with E-state index in [0.717, 1.165) is 25.7 Å². The summed E-state index contributed by atoms with van der Waals surface area (Å²) in [5.74, 6) is -0.568. The van der Waals surface area contributed by atoms with Gasteiger partial charge in [0.2, 0.25) is 11.8 Å². The second kappa shape index (κ2) is 3.12. The third kappa shape index (κ3) is 1.22. The standard InChI is InChI=1S/C10H14N2O2/c11-9(13)7-5-1-2-6(4-3-5)8(7)10(12)14/h5-6H,1-4H2,(H2,11,13)(H2,12,14). The van der Waals surface area contributed by atoms with Crippen molar-refractivity contribution < 1.29 is 9.59 Å². The second-order valence-electron chi connectivity index (χ2n) is 4.10. The Balaban J connectivity index is 2.50. The monoisotopic (exact) mass is 194 g/mol. The van der Waals surface area contributed by atoms with Gasteiger partial charge in [-0.05, 0) is 37.5 Å². The van der Waals surface area contributed by atoms with Crippen LogP contribution in [0, 0.1) is 11.8 Å². The van der Waals surface area contributed by atoms with Crippen molar-refractivity contribution >= 4 is 11.8 Å². The van der Waals surface area contributed by atoms with Crippen molar-refractivity contribution in [1.29, 1.82) is 0 Å². The third-order valence-electron chi connectivity index (χ3n) is 3.36. The molecule has 0 atom stereocenters. The zero-order valence-electron chi connectivity index (χ0n) is 7.95. The molecule has 0 aromatic heterocycles. The van der Waals surface area contributed by atoms with Gasteiger partial charge in [0.15, 0.2) is 0 Å². The van der Waals surface area contributed by atoms with Crippen molar-refractivity contribution in [3.63, 3.8) is 0 Å². The largest absolute Gasteiger partial charge is 0.366 e. The SMILES string of the molecule is NC(=O)C1=C(C(N)=O)C2CCC1CC2. The first-order chi connectivity index (χ1) is 6.61. The molecule has 1 saturated carbocycles. The van der Waals surface area contributed by atoms with Gasteiger partial charge >= 0.3 is 0 Å². The normalized spacial score (nSPS) is 30.6. The van der Waals surface area contributed by atoms with Gasteiger partial charge in [-0.3, -0.25) is 9.59 Å². The highest BCUT2D eigenvalue weighted by Gasteiger charge is 2.39. The fraction of sp³-hybridized carbons (Fsp3) is 0.600. The Morgan fingerprint density at radius 3 is 1.36 bits per heavy atom.